The summed E-state index contributed by atoms with van der Waals surface area (Å²) in [5.41, 5.74) is 5.81. The lowest BCUT2D eigenvalue weighted by atomic mass is 9.99. The Morgan fingerprint density at radius 3 is 2.44 bits per heavy atom. The molecule has 3 rings (SSSR count). The molecule has 2 aromatic rings. The van der Waals surface area contributed by atoms with Gasteiger partial charge in [0.05, 0.1) is 5.70 Å². The van der Waals surface area contributed by atoms with Gasteiger partial charge in [0.2, 0.25) is 0 Å². The van der Waals surface area contributed by atoms with Crippen LogP contribution >= 0.6 is 11.6 Å². The average Bonchev–Trinajstić information content (AvgIpc) is 2.68. The fourth-order valence-electron chi connectivity index (χ4n) is 2.96. The van der Waals surface area contributed by atoms with Gasteiger partial charge in [0.15, 0.2) is 0 Å². The van der Waals surface area contributed by atoms with Crippen LogP contribution in [0.1, 0.15) is 26.3 Å². The highest BCUT2D eigenvalue weighted by Gasteiger charge is 2.24. The van der Waals surface area contributed by atoms with Gasteiger partial charge in [-0.25, -0.2) is 0 Å². The highest BCUT2D eigenvalue weighted by molar-refractivity contribution is 6.33. The molecule has 0 aromatic heterocycles. The summed E-state index contributed by atoms with van der Waals surface area (Å²) < 4.78 is 0. The second-order valence-corrected chi connectivity index (χ2v) is 6.10. The van der Waals surface area contributed by atoms with E-state index in [1.807, 2.05) is 56.0 Å². The molecule has 0 spiro atoms. The molecule has 0 bridgehead atoms. The lowest BCUT2D eigenvalue weighted by Crippen LogP contribution is -2.29. The van der Waals surface area contributed by atoms with Crippen LogP contribution in [-0.2, 0) is 0 Å². The second kappa shape index (κ2) is 9.24. The van der Waals surface area contributed by atoms with Gasteiger partial charge >= 0.3 is 0 Å². The Balaban J connectivity index is 0.00000126. The highest BCUT2D eigenvalue weighted by Crippen LogP contribution is 2.39. The second-order valence-electron chi connectivity index (χ2n) is 5.69. The molecule has 0 saturated carbocycles. The smallest absolute Gasteiger partial charge is 0.108 e. The molecule has 0 aliphatic carbocycles. The third-order valence-corrected chi connectivity index (χ3v) is 4.48. The van der Waals surface area contributed by atoms with E-state index >= 15 is 0 Å². The lowest BCUT2D eigenvalue weighted by Gasteiger charge is -2.35. The number of halogens is 1. The number of rotatable bonds is 3. The summed E-state index contributed by atoms with van der Waals surface area (Å²) in [5, 5.41) is 4.10. The van der Waals surface area contributed by atoms with Gasteiger partial charge in [0.1, 0.15) is 5.82 Å². The van der Waals surface area contributed by atoms with Crippen LogP contribution in [0.5, 0.6) is 0 Å². The topological polar surface area (TPSA) is 27.6 Å². The zero-order valence-electron chi connectivity index (χ0n) is 16.4. The third-order valence-electron chi connectivity index (χ3n) is 4.15. The minimum Gasteiger partial charge on any atom is -0.341 e. The van der Waals surface area contributed by atoms with E-state index < -0.39 is 0 Å². The maximum Gasteiger partial charge on any atom is 0.108 e. The van der Waals surface area contributed by atoms with E-state index in [1.165, 1.54) is 0 Å². The van der Waals surface area contributed by atoms with Gasteiger partial charge in [-0.3, -0.25) is 9.89 Å². The average molecular weight is 380 g/mol. The van der Waals surface area contributed by atoms with Gasteiger partial charge in [-0.1, -0.05) is 75.0 Å². The van der Waals surface area contributed by atoms with Gasteiger partial charge < -0.3 is 5.32 Å². The molecule has 1 aliphatic rings. The Hall–Kier alpha value is -2.78. The monoisotopic (exact) mass is 379 g/mol. The summed E-state index contributed by atoms with van der Waals surface area (Å²) >= 11 is 6.33. The lowest BCUT2D eigenvalue weighted by molar-refractivity contribution is 0.633. The molecule has 0 fully saturated rings. The summed E-state index contributed by atoms with van der Waals surface area (Å²) in [7, 11) is 1.75. The Labute approximate surface area is 167 Å². The van der Waals surface area contributed by atoms with E-state index in [2.05, 4.69) is 41.7 Å². The SMILES string of the molecule is C=C1Nc2cc(-c3ccccc3Cl)ccc2C(=C)N1/C(C=NC)=C/C.CC. The molecule has 140 valence electrons. The molecule has 1 aliphatic heterocycles. The number of hydrogen-bond acceptors (Lipinski definition) is 3. The summed E-state index contributed by atoms with van der Waals surface area (Å²) in [5.74, 6) is 0.738. The number of benzene rings is 2. The molecule has 0 unspecified atom stereocenters. The van der Waals surface area contributed by atoms with Crippen LogP contribution in [0.2, 0.25) is 5.02 Å². The van der Waals surface area contributed by atoms with Crippen molar-refractivity contribution >= 4 is 29.2 Å². The zero-order chi connectivity index (χ0) is 20.0. The largest absolute Gasteiger partial charge is 0.341 e. The number of nitrogens with zero attached hydrogens (tertiary/aromatic N) is 2. The van der Waals surface area contributed by atoms with E-state index in [0.29, 0.717) is 0 Å². The van der Waals surface area contributed by atoms with Crippen molar-refractivity contribution in [1.29, 1.82) is 0 Å². The van der Waals surface area contributed by atoms with Crippen LogP contribution in [0.25, 0.3) is 16.8 Å². The number of hydrogen-bond donors (Lipinski definition) is 1. The number of allylic oxidation sites excluding steroid dienone is 2. The van der Waals surface area contributed by atoms with Crippen LogP contribution < -0.4 is 5.32 Å². The van der Waals surface area contributed by atoms with Crippen molar-refractivity contribution in [2.75, 3.05) is 12.4 Å². The maximum absolute atomic E-state index is 6.33. The minimum atomic E-state index is 0.730. The van der Waals surface area contributed by atoms with Gasteiger partial charge in [0.25, 0.3) is 0 Å². The Bertz CT molecular complexity index is 910. The zero-order valence-corrected chi connectivity index (χ0v) is 17.1. The van der Waals surface area contributed by atoms with E-state index in [9.17, 15) is 0 Å². The standard InChI is InChI=1S/C21H20ClN3.C2H6/c1-5-17(13-23-4)25-14(2)18-11-10-16(12-21(18)24-15(25)3)19-8-6-7-9-20(19)22;1-2/h5-13,24H,2-3H2,1,4H3;1-2H3/b17-5+,23-13?;. The van der Waals surface area contributed by atoms with Crippen LogP contribution in [-0.4, -0.2) is 18.2 Å². The highest BCUT2D eigenvalue weighted by atomic mass is 35.5. The van der Waals surface area contributed by atoms with Gasteiger partial charge in [0, 0.05) is 40.8 Å². The summed E-state index contributed by atoms with van der Waals surface area (Å²) in [6.45, 7) is 14.4. The molecule has 0 radical (unpaired) electrons. The molecular weight excluding hydrogens is 354 g/mol. The van der Waals surface area contributed by atoms with Crippen molar-refractivity contribution in [3.8, 4) is 11.1 Å². The Morgan fingerprint density at radius 2 is 1.81 bits per heavy atom. The fraction of sp³-hybridized carbons (Fsp3) is 0.174. The molecule has 27 heavy (non-hydrogen) atoms. The van der Waals surface area contributed by atoms with E-state index in [-0.39, 0.29) is 0 Å². The number of fused-ring (bicyclic) bond motifs is 1. The Kier molecular flexibility index (Phi) is 7.03. The number of aliphatic imine (C=N–C) groups is 1. The van der Waals surface area contributed by atoms with Crippen molar-refractivity contribution in [2.45, 2.75) is 20.8 Å². The number of anilines is 1. The van der Waals surface area contributed by atoms with Crippen molar-refractivity contribution in [3.63, 3.8) is 0 Å². The van der Waals surface area contributed by atoms with Crippen molar-refractivity contribution in [2.24, 2.45) is 4.99 Å². The molecule has 3 nitrogen and oxygen atoms in total. The molecular formula is C23H26ClN3. The first kappa shape index (κ1) is 20.5. The molecule has 0 atom stereocenters. The molecule has 0 saturated heterocycles. The van der Waals surface area contributed by atoms with Crippen LogP contribution in [0.15, 0.2) is 78.2 Å². The van der Waals surface area contributed by atoms with Crippen molar-refractivity contribution in [1.82, 2.24) is 4.90 Å². The molecule has 1 N–H and O–H groups in total. The summed E-state index contributed by atoms with van der Waals surface area (Å²) in [4.78, 5) is 6.07. The first-order valence-electron chi connectivity index (χ1n) is 8.99. The van der Waals surface area contributed by atoms with E-state index in [0.717, 1.165) is 44.6 Å². The Morgan fingerprint density at radius 1 is 1.11 bits per heavy atom. The maximum atomic E-state index is 6.33. The van der Waals surface area contributed by atoms with Gasteiger partial charge in [-0.2, -0.15) is 0 Å². The third kappa shape index (κ3) is 4.15. The predicted octanol–water partition coefficient (Wildman–Crippen LogP) is 6.81. The quantitative estimate of drug-likeness (QED) is 0.593. The van der Waals surface area contributed by atoms with Crippen LogP contribution in [0.3, 0.4) is 0 Å². The molecule has 2 aromatic carbocycles. The fourth-order valence-corrected chi connectivity index (χ4v) is 3.21. The van der Waals surface area contributed by atoms with E-state index in [4.69, 9.17) is 11.6 Å². The van der Waals surface area contributed by atoms with Gasteiger partial charge in [-0.05, 0) is 24.6 Å². The first-order valence-corrected chi connectivity index (χ1v) is 9.37. The first-order chi connectivity index (χ1) is 13.1. The normalized spacial score (nSPS) is 13.8. The minimum absolute atomic E-state index is 0.730. The van der Waals surface area contributed by atoms with E-state index in [1.54, 1.807) is 13.3 Å². The summed E-state index contributed by atoms with van der Waals surface area (Å²) in [6, 6.07) is 14.0. The molecule has 4 heteroatoms. The van der Waals surface area contributed by atoms with Crippen LogP contribution in [0.4, 0.5) is 5.69 Å². The molecule has 1 heterocycles. The van der Waals surface area contributed by atoms with Crippen LogP contribution in [0, 0.1) is 0 Å². The predicted molar refractivity (Wildman–Crippen MR) is 120 cm³/mol. The van der Waals surface area contributed by atoms with Crippen molar-refractivity contribution in [3.05, 3.63) is 83.8 Å². The van der Waals surface area contributed by atoms with Gasteiger partial charge in [-0.15, -0.1) is 0 Å². The van der Waals surface area contributed by atoms with Crippen molar-refractivity contribution < 1.29 is 0 Å². The number of nitrogens with one attached hydrogen (secondary N) is 1. The molecule has 0 amide bonds. The summed E-state index contributed by atoms with van der Waals surface area (Å²) in [6.07, 6.45) is 3.77.